The summed E-state index contributed by atoms with van der Waals surface area (Å²) in [6.07, 6.45) is 7.15. The van der Waals surface area contributed by atoms with Gasteiger partial charge in [0.05, 0.1) is 5.92 Å². The third kappa shape index (κ3) is 0.754. The van der Waals surface area contributed by atoms with E-state index in [2.05, 4.69) is 6.08 Å². The smallest absolute Gasteiger partial charge is 0.148 e. The second-order valence-corrected chi connectivity index (χ2v) is 2.30. The summed E-state index contributed by atoms with van der Waals surface area (Å²) in [4.78, 5) is 9.65. The summed E-state index contributed by atoms with van der Waals surface area (Å²) in [5, 5.41) is 0. The molecule has 1 fully saturated rings. The Morgan fingerprint density at radius 2 is 2.56 bits per heavy atom. The second kappa shape index (κ2) is 1.88. The van der Waals surface area contributed by atoms with Crippen molar-refractivity contribution in [2.45, 2.75) is 6.42 Å². The molecular weight excluding hydrogens is 116 g/mol. The molecule has 48 valence electrons. The van der Waals surface area contributed by atoms with Gasteiger partial charge in [-0.3, -0.25) is 0 Å². The summed E-state index contributed by atoms with van der Waals surface area (Å²) in [5.74, 6) is 1.48. The average molecular weight is 124 g/mol. The fourth-order valence-electron chi connectivity index (χ4n) is 1.09. The van der Waals surface area contributed by atoms with Crippen molar-refractivity contribution < 1.29 is 9.78 Å². The third-order valence-electron chi connectivity index (χ3n) is 1.64. The molecule has 1 saturated heterocycles. The molecule has 9 heavy (non-hydrogen) atoms. The number of rotatable bonds is 0. The highest BCUT2D eigenvalue weighted by Gasteiger charge is 2.24. The van der Waals surface area contributed by atoms with E-state index in [4.69, 9.17) is 9.78 Å². The van der Waals surface area contributed by atoms with Crippen LogP contribution in [0.5, 0.6) is 0 Å². The summed E-state index contributed by atoms with van der Waals surface area (Å²) in [7, 11) is 0. The minimum atomic E-state index is 0.495. The Morgan fingerprint density at radius 3 is 3.44 bits per heavy atom. The van der Waals surface area contributed by atoms with E-state index in [-0.39, 0.29) is 0 Å². The van der Waals surface area contributed by atoms with Crippen LogP contribution in [0.15, 0.2) is 24.0 Å². The van der Waals surface area contributed by atoms with Crippen LogP contribution in [0.3, 0.4) is 0 Å². The zero-order valence-electron chi connectivity index (χ0n) is 5.04. The first-order valence-corrected chi connectivity index (χ1v) is 3.13. The molecule has 1 aliphatic carbocycles. The zero-order valence-corrected chi connectivity index (χ0v) is 5.04. The average Bonchev–Trinajstić information content (AvgIpc) is 2.33. The molecule has 0 amide bonds. The lowest BCUT2D eigenvalue weighted by molar-refractivity contribution is -0.223. The minimum Gasteiger partial charge on any atom is -0.342 e. The highest BCUT2D eigenvalue weighted by molar-refractivity contribution is 5.17. The van der Waals surface area contributed by atoms with Crippen LogP contribution >= 0.6 is 0 Å². The van der Waals surface area contributed by atoms with Gasteiger partial charge in [-0.1, -0.05) is 12.2 Å². The van der Waals surface area contributed by atoms with Gasteiger partial charge in [0.15, 0.2) is 0 Å². The standard InChI is InChI=1S/C7H8O2/c1-2-4-7-6(3-1)5-8-9-7/h1-2,4,6H,3,5H2. The lowest BCUT2D eigenvalue weighted by Crippen LogP contribution is -2.01. The van der Waals surface area contributed by atoms with Gasteiger partial charge in [0.2, 0.25) is 0 Å². The summed E-state index contributed by atoms with van der Waals surface area (Å²) in [6, 6.07) is 0. The van der Waals surface area contributed by atoms with Crippen LogP contribution in [-0.2, 0) is 9.78 Å². The van der Waals surface area contributed by atoms with Crippen molar-refractivity contribution in [2.24, 2.45) is 5.92 Å². The van der Waals surface area contributed by atoms with E-state index in [0.29, 0.717) is 5.92 Å². The molecule has 0 spiro atoms. The van der Waals surface area contributed by atoms with Crippen molar-refractivity contribution in [1.82, 2.24) is 0 Å². The van der Waals surface area contributed by atoms with Crippen LogP contribution in [0.1, 0.15) is 6.42 Å². The van der Waals surface area contributed by atoms with Crippen molar-refractivity contribution in [3.05, 3.63) is 24.0 Å². The first kappa shape index (κ1) is 5.06. The Labute approximate surface area is 53.7 Å². The molecule has 1 aliphatic heterocycles. The maximum absolute atomic E-state index is 4.87. The molecule has 0 bridgehead atoms. The maximum Gasteiger partial charge on any atom is 0.148 e. The van der Waals surface area contributed by atoms with Crippen LogP contribution in [-0.4, -0.2) is 6.61 Å². The molecule has 2 nitrogen and oxygen atoms in total. The lowest BCUT2D eigenvalue weighted by atomic mass is 10.0. The monoisotopic (exact) mass is 124 g/mol. The number of hydrogen-bond acceptors (Lipinski definition) is 2. The van der Waals surface area contributed by atoms with E-state index in [9.17, 15) is 0 Å². The molecule has 2 heteroatoms. The van der Waals surface area contributed by atoms with Gasteiger partial charge in [-0.15, -0.1) is 0 Å². The third-order valence-corrected chi connectivity index (χ3v) is 1.64. The second-order valence-electron chi connectivity index (χ2n) is 2.30. The Balaban J connectivity index is 2.23. The molecule has 0 radical (unpaired) electrons. The van der Waals surface area contributed by atoms with Gasteiger partial charge in [-0.05, 0) is 12.5 Å². The van der Waals surface area contributed by atoms with Crippen LogP contribution in [0.25, 0.3) is 0 Å². The number of fused-ring (bicyclic) bond motifs is 1. The van der Waals surface area contributed by atoms with Crippen molar-refractivity contribution in [3.8, 4) is 0 Å². The fraction of sp³-hybridized carbons (Fsp3) is 0.429. The molecule has 1 unspecified atom stereocenters. The van der Waals surface area contributed by atoms with Gasteiger partial charge < -0.3 is 4.89 Å². The van der Waals surface area contributed by atoms with Crippen LogP contribution in [0.4, 0.5) is 0 Å². The van der Waals surface area contributed by atoms with Crippen LogP contribution in [0, 0.1) is 5.92 Å². The summed E-state index contributed by atoms with van der Waals surface area (Å²) < 4.78 is 0. The maximum atomic E-state index is 4.87. The van der Waals surface area contributed by atoms with E-state index in [0.717, 1.165) is 18.8 Å². The Bertz CT molecular complexity index is 170. The van der Waals surface area contributed by atoms with Crippen LogP contribution in [0.2, 0.25) is 0 Å². The van der Waals surface area contributed by atoms with Gasteiger partial charge >= 0.3 is 0 Å². The summed E-state index contributed by atoms with van der Waals surface area (Å²) in [6.45, 7) is 0.718. The summed E-state index contributed by atoms with van der Waals surface area (Å²) >= 11 is 0. The minimum absolute atomic E-state index is 0.495. The quantitative estimate of drug-likeness (QED) is 0.454. The molecule has 1 heterocycles. The highest BCUT2D eigenvalue weighted by atomic mass is 17.2. The van der Waals surface area contributed by atoms with Gasteiger partial charge in [-0.2, -0.15) is 4.89 Å². The topological polar surface area (TPSA) is 18.5 Å². The molecule has 0 aromatic carbocycles. The number of hydrogen-bond donors (Lipinski definition) is 0. The molecule has 1 atom stereocenters. The largest absolute Gasteiger partial charge is 0.342 e. The predicted molar refractivity (Wildman–Crippen MR) is 32.4 cm³/mol. The van der Waals surface area contributed by atoms with E-state index < -0.39 is 0 Å². The lowest BCUT2D eigenvalue weighted by Gasteiger charge is -2.04. The van der Waals surface area contributed by atoms with Crippen molar-refractivity contribution in [2.75, 3.05) is 6.61 Å². The zero-order chi connectivity index (χ0) is 6.10. The van der Waals surface area contributed by atoms with Crippen LogP contribution < -0.4 is 0 Å². The predicted octanol–water partition coefficient (Wildman–Crippen LogP) is 1.41. The van der Waals surface area contributed by atoms with E-state index in [1.165, 1.54) is 0 Å². The van der Waals surface area contributed by atoms with Crippen molar-refractivity contribution in [3.63, 3.8) is 0 Å². The molecule has 2 aliphatic rings. The first-order chi connectivity index (χ1) is 4.47. The normalized spacial score (nSPS) is 31.1. The molecule has 0 N–H and O–H groups in total. The highest BCUT2D eigenvalue weighted by Crippen LogP contribution is 2.27. The Hall–Kier alpha value is -0.760. The van der Waals surface area contributed by atoms with Crippen molar-refractivity contribution in [1.29, 1.82) is 0 Å². The molecule has 0 aromatic rings. The molecule has 0 aromatic heterocycles. The van der Waals surface area contributed by atoms with Gasteiger partial charge in [0.1, 0.15) is 12.4 Å². The fourth-order valence-corrected chi connectivity index (χ4v) is 1.09. The molecule has 2 rings (SSSR count). The van der Waals surface area contributed by atoms with E-state index >= 15 is 0 Å². The van der Waals surface area contributed by atoms with E-state index in [1.807, 2.05) is 12.2 Å². The summed E-state index contributed by atoms with van der Waals surface area (Å²) in [5.41, 5.74) is 0. The van der Waals surface area contributed by atoms with Crippen molar-refractivity contribution >= 4 is 0 Å². The van der Waals surface area contributed by atoms with Gasteiger partial charge in [0, 0.05) is 0 Å². The first-order valence-electron chi connectivity index (χ1n) is 3.13. The number of allylic oxidation sites excluding steroid dienone is 3. The van der Waals surface area contributed by atoms with E-state index in [1.54, 1.807) is 0 Å². The Kier molecular flexibility index (Phi) is 1.06. The van der Waals surface area contributed by atoms with Gasteiger partial charge in [0.25, 0.3) is 0 Å². The molecule has 0 saturated carbocycles. The van der Waals surface area contributed by atoms with Gasteiger partial charge in [-0.25, -0.2) is 0 Å². The SMILES string of the molecule is C1=CCC2COOC2=C1. The molecular formula is C7H8O2. The Morgan fingerprint density at radius 1 is 1.56 bits per heavy atom.